The highest BCUT2D eigenvalue weighted by molar-refractivity contribution is 7.78. The van der Waals surface area contributed by atoms with E-state index in [1.165, 1.54) is 28.8 Å². The molecule has 152 valence electrons. The first-order valence-electron chi connectivity index (χ1n) is 9.69. The molecule has 27 heavy (non-hydrogen) atoms. The number of anilines is 1. The molecule has 3 rings (SSSR count). The van der Waals surface area contributed by atoms with E-state index >= 15 is 0 Å². The molecule has 1 heterocycles. The van der Waals surface area contributed by atoms with Gasteiger partial charge in [-0.25, -0.2) is 0 Å². The Morgan fingerprint density at radius 3 is 2.70 bits per heavy atom. The summed E-state index contributed by atoms with van der Waals surface area (Å²) in [5.41, 5.74) is 3.17. The highest BCUT2D eigenvalue weighted by atomic mass is 32.1. The maximum Gasteiger partial charge on any atom is 0.290 e. The van der Waals surface area contributed by atoms with Gasteiger partial charge in [-0.3, -0.25) is 14.3 Å². The van der Waals surface area contributed by atoms with Gasteiger partial charge in [-0.15, -0.1) is 11.3 Å². The van der Waals surface area contributed by atoms with E-state index in [0.29, 0.717) is 11.3 Å². The molecule has 7 heteroatoms. The summed E-state index contributed by atoms with van der Waals surface area (Å²) in [5.74, 6) is 0.739. The zero-order valence-corrected chi connectivity index (χ0v) is 18.2. The lowest BCUT2D eigenvalue weighted by molar-refractivity contribution is -0.123. The van der Waals surface area contributed by atoms with Gasteiger partial charge in [0.15, 0.2) is 0 Å². The minimum atomic E-state index is -0.250. The molecule has 1 fully saturated rings. The summed E-state index contributed by atoms with van der Waals surface area (Å²) in [6.07, 6.45) is 8.05. The molecule has 2 aliphatic carbocycles. The minimum Gasteiger partial charge on any atom is -0.483 e. The molecule has 0 aliphatic heterocycles. The zero-order chi connectivity index (χ0) is 20.0. The van der Waals surface area contributed by atoms with E-state index in [0.717, 1.165) is 43.6 Å². The van der Waals surface area contributed by atoms with Crippen LogP contribution in [0.4, 0.5) is 5.00 Å². The van der Waals surface area contributed by atoms with E-state index in [9.17, 15) is 4.79 Å². The van der Waals surface area contributed by atoms with Gasteiger partial charge in [-0.05, 0) is 61.5 Å². The monoisotopic (exact) mass is 412 g/mol. The maximum atomic E-state index is 12.9. The molecule has 0 radical (unpaired) electrons. The fourth-order valence-electron chi connectivity index (χ4n) is 4.30. The molecule has 0 aromatic carbocycles. The van der Waals surface area contributed by atoms with Crippen LogP contribution in [-0.2, 0) is 22.4 Å². The second-order valence-electron chi connectivity index (χ2n) is 8.41. The second-order valence-corrected chi connectivity index (χ2v) is 9.83. The van der Waals surface area contributed by atoms with Gasteiger partial charge < -0.3 is 10.4 Å². The summed E-state index contributed by atoms with van der Waals surface area (Å²) >= 11 is 5.95. The smallest absolute Gasteiger partial charge is 0.290 e. The van der Waals surface area contributed by atoms with Crippen molar-refractivity contribution >= 4 is 41.5 Å². The lowest BCUT2D eigenvalue weighted by Crippen LogP contribution is -2.35. The van der Waals surface area contributed by atoms with E-state index in [4.69, 9.17) is 9.90 Å². The van der Waals surface area contributed by atoms with E-state index in [2.05, 4.69) is 43.6 Å². The molecule has 1 saturated carbocycles. The Morgan fingerprint density at radius 2 is 2.04 bits per heavy atom. The van der Waals surface area contributed by atoms with Crippen LogP contribution >= 0.6 is 24.2 Å². The van der Waals surface area contributed by atoms with Crippen molar-refractivity contribution in [1.82, 2.24) is 4.72 Å². The number of amides is 1. The fraction of sp³-hybridized carbons (Fsp3) is 0.700. The van der Waals surface area contributed by atoms with Gasteiger partial charge in [0.25, 0.3) is 6.47 Å². The summed E-state index contributed by atoms with van der Waals surface area (Å²) in [7, 11) is 0. The molecule has 2 aliphatic rings. The average Bonchev–Trinajstić information content (AvgIpc) is 2.91. The Labute approximate surface area is 171 Å². The van der Waals surface area contributed by atoms with E-state index < -0.39 is 0 Å². The highest BCUT2D eigenvalue weighted by Gasteiger charge is 2.33. The van der Waals surface area contributed by atoms with Gasteiger partial charge >= 0.3 is 0 Å². The van der Waals surface area contributed by atoms with Gasteiger partial charge in [-0.2, -0.15) is 0 Å². The summed E-state index contributed by atoms with van der Waals surface area (Å²) in [4.78, 5) is 22.7. The molecule has 0 bridgehead atoms. The predicted molar refractivity (Wildman–Crippen MR) is 115 cm³/mol. The molecule has 1 aromatic rings. The Balaban J connectivity index is 0.000000817. The van der Waals surface area contributed by atoms with Crippen LogP contribution < -0.4 is 10.0 Å². The van der Waals surface area contributed by atoms with Gasteiger partial charge in [0, 0.05) is 17.3 Å². The number of thiol groups is 1. The normalized spacial score (nSPS) is 23.6. The quantitative estimate of drug-likeness (QED) is 0.435. The van der Waals surface area contributed by atoms with Crippen LogP contribution in [0.2, 0.25) is 0 Å². The molecular weight excluding hydrogens is 380 g/mol. The number of nitrogens with one attached hydrogen (secondary N) is 2. The lowest BCUT2D eigenvalue weighted by atomic mass is 9.76. The van der Waals surface area contributed by atoms with Crippen molar-refractivity contribution in [3.63, 3.8) is 0 Å². The number of thiophene rings is 1. The van der Waals surface area contributed by atoms with E-state index in [1.54, 1.807) is 11.3 Å². The third kappa shape index (κ3) is 5.72. The molecule has 0 spiro atoms. The number of fused-ring (bicyclic) bond motifs is 1. The number of carbonyl (C=O) groups excluding carboxylic acids is 1. The second kappa shape index (κ2) is 9.94. The lowest BCUT2D eigenvalue weighted by Gasteiger charge is -2.30. The van der Waals surface area contributed by atoms with Crippen LogP contribution in [0.5, 0.6) is 0 Å². The fourth-order valence-corrected chi connectivity index (χ4v) is 5.76. The molecule has 1 amide bonds. The Bertz CT molecular complexity index is 656. The van der Waals surface area contributed by atoms with E-state index in [1.807, 2.05) is 0 Å². The van der Waals surface area contributed by atoms with Crippen molar-refractivity contribution in [2.24, 2.45) is 17.3 Å². The average molecular weight is 413 g/mol. The number of carboxylic acid groups (broad SMARTS) is 1. The number of carbonyl (C=O) groups is 2. The minimum absolute atomic E-state index is 0.119. The number of rotatable bonds is 4. The molecule has 0 saturated heterocycles. The van der Waals surface area contributed by atoms with Crippen molar-refractivity contribution in [3.05, 3.63) is 16.0 Å². The molecular formula is C20H32N2O3S2. The first kappa shape index (κ1) is 22.2. The van der Waals surface area contributed by atoms with Crippen LogP contribution in [0.1, 0.15) is 62.0 Å². The van der Waals surface area contributed by atoms with Crippen LogP contribution in [0.3, 0.4) is 0 Å². The summed E-state index contributed by atoms with van der Waals surface area (Å²) in [5, 5.41) is 11.3. The van der Waals surface area contributed by atoms with Gasteiger partial charge in [-0.1, -0.05) is 39.5 Å². The highest BCUT2D eigenvalue weighted by Crippen LogP contribution is 2.43. The first-order valence-corrected chi connectivity index (χ1v) is 11.0. The summed E-state index contributed by atoms with van der Waals surface area (Å²) < 4.78 is 2.96. The topological polar surface area (TPSA) is 78.4 Å². The van der Waals surface area contributed by atoms with Gasteiger partial charge in [0.05, 0.1) is 5.00 Å². The van der Waals surface area contributed by atoms with Crippen LogP contribution in [0.25, 0.3) is 0 Å². The number of hydrogen-bond donors (Lipinski definition) is 4. The van der Waals surface area contributed by atoms with Crippen molar-refractivity contribution in [2.45, 2.75) is 65.7 Å². The Kier molecular flexibility index (Phi) is 8.19. The third-order valence-electron chi connectivity index (χ3n) is 5.88. The van der Waals surface area contributed by atoms with Crippen LogP contribution in [-0.4, -0.2) is 24.0 Å². The summed E-state index contributed by atoms with van der Waals surface area (Å²) in [6.45, 7) is 7.44. The third-order valence-corrected chi connectivity index (χ3v) is 7.37. The van der Waals surface area contributed by atoms with Crippen molar-refractivity contribution in [2.75, 3.05) is 11.9 Å². The van der Waals surface area contributed by atoms with E-state index in [-0.39, 0.29) is 18.3 Å². The predicted octanol–water partition coefficient (Wildman–Crippen LogP) is 4.45. The molecule has 2 unspecified atom stereocenters. The first-order chi connectivity index (χ1) is 12.8. The van der Waals surface area contributed by atoms with Crippen LogP contribution in [0.15, 0.2) is 0 Å². The zero-order valence-electron chi connectivity index (χ0n) is 16.5. The van der Waals surface area contributed by atoms with Gasteiger partial charge in [0.2, 0.25) is 5.91 Å². The molecule has 1 aromatic heterocycles. The maximum absolute atomic E-state index is 12.9. The van der Waals surface area contributed by atoms with Crippen molar-refractivity contribution < 1.29 is 14.7 Å². The number of hydrogen-bond acceptors (Lipinski definition) is 5. The van der Waals surface area contributed by atoms with Crippen molar-refractivity contribution in [1.29, 1.82) is 0 Å². The molecule has 2 atom stereocenters. The largest absolute Gasteiger partial charge is 0.483 e. The number of aryl methyl sites for hydroxylation is 1. The summed E-state index contributed by atoms with van der Waals surface area (Å²) in [6, 6.07) is 0. The standard InChI is InChI=1S/C19H30N2OS2.CH2O2/c1-12-15-10-19(2,3)9-8-16(15)24-18(12)21-17(22)14-7-5-4-6-13(14)11-20-23;2-1-3/h13-14,20,23H,4-11H2,1-3H3,(H,21,22);1H,(H,2,3). The van der Waals surface area contributed by atoms with Crippen molar-refractivity contribution in [3.8, 4) is 0 Å². The molecule has 3 N–H and O–H groups in total. The van der Waals surface area contributed by atoms with Gasteiger partial charge in [0.1, 0.15) is 0 Å². The van der Waals surface area contributed by atoms with Crippen LogP contribution in [0, 0.1) is 24.2 Å². The molecule has 5 nitrogen and oxygen atoms in total. The SMILES string of the molecule is Cc1c(NC(=O)C2CCCCC2CNS)sc2c1CC(C)(C)CC2.O=CO. The Hall–Kier alpha value is -1.05. The Morgan fingerprint density at radius 1 is 1.37 bits per heavy atom.